The first-order valence-electron chi connectivity index (χ1n) is 6.27. The normalized spacial score (nSPS) is 16.5. The van der Waals surface area contributed by atoms with Crippen molar-refractivity contribution >= 4 is 6.03 Å². The molecular weight excluding hydrogens is 216 g/mol. The maximum absolute atomic E-state index is 11.5. The number of nitrogens with zero attached hydrogens (tertiary/aromatic N) is 2. The molecule has 0 spiro atoms. The summed E-state index contributed by atoms with van der Waals surface area (Å²) in [5.74, 6) is 0.699. The summed E-state index contributed by atoms with van der Waals surface area (Å²) >= 11 is 0. The van der Waals surface area contributed by atoms with Crippen LogP contribution in [-0.2, 0) is 6.54 Å². The zero-order valence-corrected chi connectivity index (χ0v) is 10.2. The standard InChI is InChI=1S/C12H20N4O/c1-10(11-4-5-11)15-12(17)13-6-2-8-16-9-3-7-14-16/h3,7,9-11H,2,4-6,8H2,1H3,(H2,13,15,17). The van der Waals surface area contributed by atoms with E-state index in [0.29, 0.717) is 18.5 Å². The highest BCUT2D eigenvalue weighted by Gasteiger charge is 2.28. The predicted octanol–water partition coefficient (Wildman–Crippen LogP) is 1.37. The van der Waals surface area contributed by atoms with Gasteiger partial charge in [-0.15, -0.1) is 0 Å². The number of rotatable bonds is 6. The van der Waals surface area contributed by atoms with E-state index in [4.69, 9.17) is 0 Å². The molecule has 0 aliphatic heterocycles. The molecule has 1 atom stereocenters. The fourth-order valence-electron chi connectivity index (χ4n) is 1.85. The highest BCUT2D eigenvalue weighted by molar-refractivity contribution is 5.74. The third-order valence-corrected chi connectivity index (χ3v) is 3.10. The molecule has 0 bridgehead atoms. The maximum Gasteiger partial charge on any atom is 0.315 e. The quantitative estimate of drug-likeness (QED) is 0.733. The smallest absolute Gasteiger partial charge is 0.315 e. The summed E-state index contributed by atoms with van der Waals surface area (Å²) in [6, 6.07) is 2.16. The topological polar surface area (TPSA) is 59.0 Å². The van der Waals surface area contributed by atoms with Gasteiger partial charge < -0.3 is 10.6 Å². The molecular formula is C12H20N4O. The van der Waals surface area contributed by atoms with Crippen molar-refractivity contribution in [3.63, 3.8) is 0 Å². The van der Waals surface area contributed by atoms with Crippen LogP contribution < -0.4 is 10.6 Å². The van der Waals surface area contributed by atoms with E-state index in [1.54, 1.807) is 6.20 Å². The van der Waals surface area contributed by atoms with Crippen molar-refractivity contribution in [2.45, 2.75) is 38.8 Å². The molecule has 1 fully saturated rings. The number of carbonyl (C=O) groups excluding carboxylic acids is 1. The molecule has 1 aliphatic rings. The molecule has 0 saturated heterocycles. The van der Waals surface area contributed by atoms with E-state index in [1.807, 2.05) is 16.9 Å². The van der Waals surface area contributed by atoms with E-state index in [9.17, 15) is 4.79 Å². The molecule has 1 unspecified atom stereocenters. The zero-order valence-electron chi connectivity index (χ0n) is 10.2. The first-order chi connectivity index (χ1) is 8.25. The Balaban J connectivity index is 1.53. The molecule has 2 rings (SSSR count). The third kappa shape index (κ3) is 4.09. The monoisotopic (exact) mass is 236 g/mol. The molecule has 1 aromatic heterocycles. The van der Waals surface area contributed by atoms with E-state index >= 15 is 0 Å². The Morgan fingerprint density at radius 3 is 3.06 bits per heavy atom. The number of nitrogens with one attached hydrogen (secondary N) is 2. The number of aromatic nitrogens is 2. The largest absolute Gasteiger partial charge is 0.338 e. The van der Waals surface area contributed by atoms with Gasteiger partial charge >= 0.3 is 6.03 Å². The minimum absolute atomic E-state index is 0.0511. The van der Waals surface area contributed by atoms with Crippen LogP contribution in [0.5, 0.6) is 0 Å². The molecule has 17 heavy (non-hydrogen) atoms. The van der Waals surface area contributed by atoms with Crippen LogP contribution in [0.25, 0.3) is 0 Å². The van der Waals surface area contributed by atoms with E-state index in [0.717, 1.165) is 13.0 Å². The van der Waals surface area contributed by atoms with Gasteiger partial charge in [0.05, 0.1) is 0 Å². The minimum atomic E-state index is -0.0511. The van der Waals surface area contributed by atoms with Crippen molar-refractivity contribution in [2.24, 2.45) is 5.92 Å². The van der Waals surface area contributed by atoms with Crippen molar-refractivity contribution in [1.82, 2.24) is 20.4 Å². The number of hydrogen-bond donors (Lipinski definition) is 2. The Kier molecular flexibility index (Phi) is 4.01. The Morgan fingerprint density at radius 2 is 2.41 bits per heavy atom. The van der Waals surface area contributed by atoms with Gasteiger partial charge in [0.2, 0.25) is 0 Å². The van der Waals surface area contributed by atoms with Crippen molar-refractivity contribution in [3.05, 3.63) is 18.5 Å². The first-order valence-corrected chi connectivity index (χ1v) is 6.27. The average Bonchev–Trinajstić information content (AvgIpc) is 3.03. The number of aryl methyl sites for hydroxylation is 1. The van der Waals surface area contributed by atoms with Crippen LogP contribution in [0.1, 0.15) is 26.2 Å². The van der Waals surface area contributed by atoms with Crippen molar-refractivity contribution in [3.8, 4) is 0 Å². The van der Waals surface area contributed by atoms with E-state index in [-0.39, 0.29) is 6.03 Å². The van der Waals surface area contributed by atoms with Gasteiger partial charge in [0.1, 0.15) is 0 Å². The SMILES string of the molecule is CC(NC(=O)NCCCn1cccn1)C1CC1. The molecule has 1 saturated carbocycles. The Labute approximate surface area is 102 Å². The van der Waals surface area contributed by atoms with Crippen LogP contribution >= 0.6 is 0 Å². The van der Waals surface area contributed by atoms with E-state index < -0.39 is 0 Å². The van der Waals surface area contributed by atoms with Crippen LogP contribution in [0.15, 0.2) is 18.5 Å². The highest BCUT2D eigenvalue weighted by atomic mass is 16.2. The van der Waals surface area contributed by atoms with E-state index in [1.165, 1.54) is 12.8 Å². The van der Waals surface area contributed by atoms with Crippen LogP contribution in [0.4, 0.5) is 4.79 Å². The molecule has 1 aliphatic carbocycles. The second kappa shape index (κ2) is 5.70. The lowest BCUT2D eigenvalue weighted by molar-refractivity contribution is 0.236. The summed E-state index contributed by atoms with van der Waals surface area (Å²) in [6.07, 6.45) is 7.08. The minimum Gasteiger partial charge on any atom is -0.338 e. The van der Waals surface area contributed by atoms with E-state index in [2.05, 4.69) is 22.7 Å². The molecule has 0 aromatic carbocycles. The van der Waals surface area contributed by atoms with Crippen LogP contribution in [-0.4, -0.2) is 28.4 Å². The molecule has 2 N–H and O–H groups in total. The fourth-order valence-corrected chi connectivity index (χ4v) is 1.85. The van der Waals surface area contributed by atoms with Crippen molar-refractivity contribution < 1.29 is 4.79 Å². The molecule has 1 heterocycles. The molecule has 1 aromatic rings. The maximum atomic E-state index is 11.5. The first kappa shape index (κ1) is 12.0. The van der Waals surface area contributed by atoms with Gasteiger partial charge in [0, 0.05) is 31.5 Å². The summed E-state index contributed by atoms with van der Waals surface area (Å²) < 4.78 is 1.87. The van der Waals surface area contributed by atoms with Crippen LogP contribution in [0, 0.1) is 5.92 Å². The molecule has 5 heteroatoms. The lowest BCUT2D eigenvalue weighted by atomic mass is 10.2. The zero-order chi connectivity index (χ0) is 12.1. The summed E-state index contributed by atoms with van der Waals surface area (Å²) in [4.78, 5) is 11.5. The second-order valence-electron chi connectivity index (χ2n) is 4.65. The second-order valence-corrected chi connectivity index (χ2v) is 4.65. The number of amides is 2. The molecule has 2 amide bonds. The Bertz CT molecular complexity index is 345. The highest BCUT2D eigenvalue weighted by Crippen LogP contribution is 2.32. The van der Waals surface area contributed by atoms with Crippen LogP contribution in [0.3, 0.4) is 0 Å². The van der Waals surface area contributed by atoms with Gasteiger partial charge in [0.15, 0.2) is 0 Å². The summed E-state index contributed by atoms with van der Waals surface area (Å²) in [5, 5.41) is 9.93. The summed E-state index contributed by atoms with van der Waals surface area (Å²) in [7, 11) is 0. The van der Waals surface area contributed by atoms with Crippen molar-refractivity contribution in [1.29, 1.82) is 0 Å². The number of urea groups is 1. The van der Waals surface area contributed by atoms with Gasteiger partial charge in [-0.05, 0) is 38.2 Å². The molecule has 0 radical (unpaired) electrons. The molecule has 5 nitrogen and oxygen atoms in total. The van der Waals surface area contributed by atoms with Gasteiger partial charge in [-0.25, -0.2) is 4.79 Å². The fraction of sp³-hybridized carbons (Fsp3) is 0.667. The average molecular weight is 236 g/mol. The Morgan fingerprint density at radius 1 is 1.59 bits per heavy atom. The lowest BCUT2D eigenvalue weighted by Crippen LogP contribution is -2.42. The van der Waals surface area contributed by atoms with Crippen molar-refractivity contribution in [2.75, 3.05) is 6.54 Å². The summed E-state index contributed by atoms with van der Waals surface area (Å²) in [6.45, 7) is 3.59. The lowest BCUT2D eigenvalue weighted by Gasteiger charge is -2.13. The van der Waals surface area contributed by atoms with Gasteiger partial charge in [-0.2, -0.15) is 5.10 Å². The number of carbonyl (C=O) groups is 1. The van der Waals surface area contributed by atoms with Gasteiger partial charge in [-0.1, -0.05) is 0 Å². The van der Waals surface area contributed by atoms with Gasteiger partial charge in [-0.3, -0.25) is 4.68 Å². The van der Waals surface area contributed by atoms with Gasteiger partial charge in [0.25, 0.3) is 0 Å². The summed E-state index contributed by atoms with van der Waals surface area (Å²) in [5.41, 5.74) is 0. The van der Waals surface area contributed by atoms with Crippen LogP contribution in [0.2, 0.25) is 0 Å². The molecule has 94 valence electrons. The third-order valence-electron chi connectivity index (χ3n) is 3.10. The Hall–Kier alpha value is -1.52. The predicted molar refractivity (Wildman–Crippen MR) is 65.6 cm³/mol. The number of hydrogen-bond acceptors (Lipinski definition) is 2.